The van der Waals surface area contributed by atoms with Crippen LogP contribution in [0.1, 0.15) is 38.2 Å². The van der Waals surface area contributed by atoms with Crippen molar-refractivity contribution in [2.75, 3.05) is 32.7 Å². The molecule has 1 heterocycles. The monoisotopic (exact) mass is 448 g/mol. The van der Waals surface area contributed by atoms with E-state index in [9.17, 15) is 4.39 Å². The summed E-state index contributed by atoms with van der Waals surface area (Å²) in [5.41, 5.74) is 0.624. The van der Waals surface area contributed by atoms with Gasteiger partial charge in [0.15, 0.2) is 5.96 Å². The molecule has 0 aromatic heterocycles. The second kappa shape index (κ2) is 12.5. The molecule has 136 valence electrons. The van der Waals surface area contributed by atoms with Crippen LogP contribution in [0.4, 0.5) is 4.39 Å². The van der Waals surface area contributed by atoms with Crippen LogP contribution < -0.4 is 10.6 Å². The van der Waals surface area contributed by atoms with Gasteiger partial charge in [0.1, 0.15) is 5.82 Å². The predicted molar refractivity (Wildman–Crippen MR) is 110 cm³/mol. The van der Waals surface area contributed by atoms with Gasteiger partial charge in [-0.2, -0.15) is 0 Å². The van der Waals surface area contributed by atoms with Gasteiger partial charge in [-0.05, 0) is 58.3 Å². The molecule has 0 saturated carbocycles. The average molecular weight is 448 g/mol. The number of unbranched alkanes of at least 4 members (excludes halogenated alkanes) is 1. The highest BCUT2D eigenvalue weighted by Gasteiger charge is 2.10. The molecule has 4 nitrogen and oxygen atoms in total. The Morgan fingerprint density at radius 1 is 1.17 bits per heavy atom. The first kappa shape index (κ1) is 21.2. The van der Waals surface area contributed by atoms with Crippen molar-refractivity contribution in [2.24, 2.45) is 4.99 Å². The summed E-state index contributed by atoms with van der Waals surface area (Å²) < 4.78 is 13.6. The minimum absolute atomic E-state index is 0. The number of likely N-dealkylation sites (tertiary alicyclic amines) is 1. The highest BCUT2D eigenvalue weighted by atomic mass is 127. The van der Waals surface area contributed by atoms with Gasteiger partial charge in [0.05, 0.1) is 6.54 Å². The van der Waals surface area contributed by atoms with Crippen molar-refractivity contribution in [3.05, 3.63) is 35.6 Å². The van der Waals surface area contributed by atoms with Crippen molar-refractivity contribution in [2.45, 2.75) is 39.2 Å². The number of aliphatic imine (C=N–C) groups is 1. The van der Waals surface area contributed by atoms with Crippen molar-refractivity contribution >= 4 is 29.9 Å². The largest absolute Gasteiger partial charge is 0.357 e. The number of benzene rings is 1. The van der Waals surface area contributed by atoms with Crippen molar-refractivity contribution in [1.29, 1.82) is 0 Å². The molecule has 1 aromatic rings. The van der Waals surface area contributed by atoms with E-state index in [2.05, 4.69) is 20.5 Å². The quantitative estimate of drug-likeness (QED) is 0.277. The molecule has 1 aromatic carbocycles. The van der Waals surface area contributed by atoms with Crippen LogP contribution in [0.2, 0.25) is 0 Å². The summed E-state index contributed by atoms with van der Waals surface area (Å²) in [6.07, 6.45) is 5.04. The van der Waals surface area contributed by atoms with E-state index in [1.807, 2.05) is 13.0 Å². The Bertz CT molecular complexity index is 490. The van der Waals surface area contributed by atoms with Crippen molar-refractivity contribution in [3.8, 4) is 0 Å². The maximum atomic E-state index is 13.6. The van der Waals surface area contributed by atoms with Crippen LogP contribution in [0, 0.1) is 5.82 Å². The molecule has 0 atom stereocenters. The van der Waals surface area contributed by atoms with Gasteiger partial charge in [-0.3, -0.25) is 0 Å². The molecular formula is C18H30FIN4. The van der Waals surface area contributed by atoms with Crippen LogP contribution in [0.15, 0.2) is 29.3 Å². The van der Waals surface area contributed by atoms with E-state index in [-0.39, 0.29) is 29.8 Å². The van der Waals surface area contributed by atoms with Gasteiger partial charge in [0, 0.05) is 18.7 Å². The number of hydrogen-bond donors (Lipinski definition) is 2. The Kier molecular flexibility index (Phi) is 11.0. The van der Waals surface area contributed by atoms with Gasteiger partial charge < -0.3 is 15.5 Å². The van der Waals surface area contributed by atoms with E-state index in [1.54, 1.807) is 12.1 Å². The molecule has 0 amide bonds. The van der Waals surface area contributed by atoms with Gasteiger partial charge in [-0.1, -0.05) is 18.2 Å². The third kappa shape index (κ3) is 7.79. The molecule has 0 unspecified atom stereocenters. The molecule has 24 heavy (non-hydrogen) atoms. The van der Waals surface area contributed by atoms with Crippen molar-refractivity contribution < 1.29 is 4.39 Å². The lowest BCUT2D eigenvalue weighted by molar-refractivity contribution is 0.330. The van der Waals surface area contributed by atoms with Crippen LogP contribution in [0.25, 0.3) is 0 Å². The first-order valence-corrected chi connectivity index (χ1v) is 8.77. The Morgan fingerprint density at radius 3 is 2.62 bits per heavy atom. The number of nitrogens with one attached hydrogen (secondary N) is 2. The minimum atomic E-state index is -0.197. The molecule has 0 bridgehead atoms. The third-order valence-electron chi connectivity index (χ3n) is 4.10. The van der Waals surface area contributed by atoms with Crippen LogP contribution in [0.3, 0.4) is 0 Å². The molecule has 1 saturated heterocycles. The van der Waals surface area contributed by atoms with Crippen LogP contribution in [-0.2, 0) is 6.54 Å². The summed E-state index contributed by atoms with van der Waals surface area (Å²) in [5, 5.41) is 6.54. The number of hydrogen-bond acceptors (Lipinski definition) is 2. The second-order valence-corrected chi connectivity index (χ2v) is 5.97. The van der Waals surface area contributed by atoms with Crippen molar-refractivity contribution in [3.63, 3.8) is 0 Å². The van der Waals surface area contributed by atoms with Gasteiger partial charge in [-0.15, -0.1) is 24.0 Å². The molecule has 1 fully saturated rings. The van der Waals surface area contributed by atoms with Gasteiger partial charge in [-0.25, -0.2) is 9.38 Å². The zero-order chi connectivity index (χ0) is 16.3. The summed E-state index contributed by atoms with van der Waals surface area (Å²) in [7, 11) is 0. The van der Waals surface area contributed by atoms with Crippen LogP contribution in [0.5, 0.6) is 0 Å². The van der Waals surface area contributed by atoms with E-state index in [1.165, 1.54) is 45.0 Å². The second-order valence-electron chi connectivity index (χ2n) is 5.97. The highest BCUT2D eigenvalue weighted by Crippen LogP contribution is 2.08. The molecular weight excluding hydrogens is 418 g/mol. The summed E-state index contributed by atoms with van der Waals surface area (Å²) >= 11 is 0. The van der Waals surface area contributed by atoms with E-state index < -0.39 is 0 Å². The fourth-order valence-corrected chi connectivity index (χ4v) is 2.81. The van der Waals surface area contributed by atoms with Gasteiger partial charge >= 0.3 is 0 Å². The Hall–Kier alpha value is -0.890. The van der Waals surface area contributed by atoms with E-state index in [0.717, 1.165) is 25.5 Å². The maximum absolute atomic E-state index is 13.6. The summed E-state index contributed by atoms with van der Waals surface area (Å²) in [6.45, 7) is 7.82. The molecule has 1 aliphatic rings. The molecule has 0 radical (unpaired) electrons. The zero-order valence-electron chi connectivity index (χ0n) is 14.6. The SMILES string of the molecule is CCNC(=NCc1ccccc1F)NCCCCN1CCCC1.I. The number of nitrogens with zero attached hydrogens (tertiary/aromatic N) is 2. The predicted octanol–water partition coefficient (Wildman–Crippen LogP) is 3.37. The highest BCUT2D eigenvalue weighted by molar-refractivity contribution is 14.0. The number of rotatable bonds is 8. The van der Waals surface area contributed by atoms with E-state index in [4.69, 9.17) is 0 Å². The lowest BCUT2D eigenvalue weighted by Crippen LogP contribution is -2.38. The lowest BCUT2D eigenvalue weighted by Gasteiger charge is -2.15. The average Bonchev–Trinajstić information content (AvgIpc) is 3.07. The molecule has 1 aliphatic heterocycles. The summed E-state index contributed by atoms with van der Waals surface area (Å²) in [5.74, 6) is 0.564. The van der Waals surface area contributed by atoms with Crippen LogP contribution >= 0.6 is 24.0 Å². The first-order chi connectivity index (χ1) is 11.3. The smallest absolute Gasteiger partial charge is 0.191 e. The molecule has 6 heteroatoms. The molecule has 0 spiro atoms. The minimum Gasteiger partial charge on any atom is -0.357 e. The van der Waals surface area contributed by atoms with E-state index >= 15 is 0 Å². The normalized spacial score (nSPS) is 15.2. The van der Waals surface area contributed by atoms with Crippen LogP contribution in [-0.4, -0.2) is 43.6 Å². The van der Waals surface area contributed by atoms with E-state index in [0.29, 0.717) is 12.1 Å². The maximum Gasteiger partial charge on any atom is 0.191 e. The fraction of sp³-hybridized carbons (Fsp3) is 0.611. The Labute approximate surface area is 162 Å². The standard InChI is InChI=1S/C18H29FN4.HI/c1-2-20-18(22-15-16-9-3-4-10-17(16)19)21-11-5-6-12-23-13-7-8-14-23;/h3-4,9-10H,2,5-8,11-15H2,1H3,(H2,20,21,22);1H. The zero-order valence-corrected chi connectivity index (χ0v) is 16.9. The molecule has 2 N–H and O–H groups in total. The number of halogens is 2. The summed E-state index contributed by atoms with van der Waals surface area (Å²) in [4.78, 5) is 7.00. The fourth-order valence-electron chi connectivity index (χ4n) is 2.81. The lowest BCUT2D eigenvalue weighted by atomic mass is 10.2. The van der Waals surface area contributed by atoms with Crippen molar-refractivity contribution in [1.82, 2.24) is 15.5 Å². The topological polar surface area (TPSA) is 39.7 Å². The third-order valence-corrected chi connectivity index (χ3v) is 4.10. The summed E-state index contributed by atoms with van der Waals surface area (Å²) in [6, 6.07) is 6.79. The van der Waals surface area contributed by atoms with Gasteiger partial charge in [0.25, 0.3) is 0 Å². The number of guanidine groups is 1. The molecule has 2 rings (SSSR count). The Morgan fingerprint density at radius 2 is 1.92 bits per heavy atom. The molecule has 0 aliphatic carbocycles. The Balaban J connectivity index is 0.00000288. The van der Waals surface area contributed by atoms with Gasteiger partial charge in [0.2, 0.25) is 0 Å². The first-order valence-electron chi connectivity index (χ1n) is 8.77.